The highest BCUT2D eigenvalue weighted by Gasteiger charge is 2.18. The Morgan fingerprint density at radius 2 is 2.10 bits per heavy atom. The van der Waals surface area contributed by atoms with Crippen molar-refractivity contribution in [2.45, 2.75) is 19.6 Å². The lowest BCUT2D eigenvalue weighted by Crippen LogP contribution is -2.20. The Balaban J connectivity index is 2.05. The molecule has 0 saturated heterocycles. The minimum absolute atomic E-state index is 0.228. The summed E-state index contributed by atoms with van der Waals surface area (Å²) in [7, 11) is 1.67. The van der Waals surface area contributed by atoms with Crippen LogP contribution in [0.1, 0.15) is 12.5 Å². The summed E-state index contributed by atoms with van der Waals surface area (Å²) in [5.41, 5.74) is 0.964. The van der Waals surface area contributed by atoms with Crippen molar-refractivity contribution in [1.82, 2.24) is 5.32 Å². The number of hydrogen-bond acceptors (Lipinski definition) is 6. The van der Waals surface area contributed by atoms with E-state index < -0.39 is 6.10 Å². The third kappa shape index (κ3) is 4.00. The van der Waals surface area contributed by atoms with Crippen LogP contribution in [0.2, 0.25) is 0 Å². The Hall–Kier alpha value is -1.50. The van der Waals surface area contributed by atoms with E-state index in [1.807, 2.05) is 6.07 Å². The van der Waals surface area contributed by atoms with Gasteiger partial charge in [0.25, 0.3) is 0 Å². The van der Waals surface area contributed by atoms with Gasteiger partial charge in [-0.15, -0.1) is 0 Å². The van der Waals surface area contributed by atoms with Gasteiger partial charge < -0.3 is 29.4 Å². The average Bonchev–Trinajstić information content (AvgIpc) is 2.87. The zero-order valence-corrected chi connectivity index (χ0v) is 11.8. The monoisotopic (exact) mass is 283 g/mol. The first-order chi connectivity index (χ1) is 9.70. The van der Waals surface area contributed by atoms with Crippen LogP contribution in [0.5, 0.6) is 17.2 Å². The molecule has 1 aliphatic heterocycles. The van der Waals surface area contributed by atoms with Crippen LogP contribution < -0.4 is 19.5 Å². The molecule has 1 heterocycles. The minimum atomic E-state index is -0.519. The second kappa shape index (κ2) is 7.33. The largest absolute Gasteiger partial charge is 0.490 e. The lowest BCUT2D eigenvalue weighted by Gasteiger charge is -2.14. The van der Waals surface area contributed by atoms with Crippen molar-refractivity contribution in [1.29, 1.82) is 0 Å². The number of methoxy groups -OCH3 is 1. The fourth-order valence-corrected chi connectivity index (χ4v) is 1.85. The Bertz CT molecular complexity index is 436. The van der Waals surface area contributed by atoms with Crippen LogP contribution in [0.15, 0.2) is 12.1 Å². The fourth-order valence-electron chi connectivity index (χ4n) is 1.85. The highest BCUT2D eigenvalue weighted by Crippen LogP contribution is 2.38. The number of fused-ring (bicyclic) bond motifs is 1. The van der Waals surface area contributed by atoms with Gasteiger partial charge in [0.15, 0.2) is 11.5 Å². The van der Waals surface area contributed by atoms with E-state index in [9.17, 15) is 5.11 Å². The summed E-state index contributed by atoms with van der Waals surface area (Å²) >= 11 is 0. The minimum Gasteiger partial charge on any atom is -0.490 e. The van der Waals surface area contributed by atoms with Gasteiger partial charge >= 0.3 is 0 Å². The molecule has 0 bridgehead atoms. The van der Waals surface area contributed by atoms with Crippen LogP contribution in [-0.4, -0.2) is 44.9 Å². The Morgan fingerprint density at radius 3 is 2.80 bits per heavy atom. The van der Waals surface area contributed by atoms with Gasteiger partial charge in [-0.25, -0.2) is 0 Å². The Kier molecular flexibility index (Phi) is 5.46. The molecule has 6 nitrogen and oxygen atoms in total. The molecule has 0 aromatic heterocycles. The van der Waals surface area contributed by atoms with Gasteiger partial charge in [0.05, 0.1) is 12.7 Å². The summed E-state index contributed by atoms with van der Waals surface area (Å²) in [4.78, 5) is 0. The van der Waals surface area contributed by atoms with E-state index in [2.05, 4.69) is 5.32 Å². The molecule has 1 aliphatic rings. The molecule has 0 spiro atoms. The number of aliphatic hydroxyl groups excluding tert-OH is 1. The molecule has 0 amide bonds. The standard InChI is InChI=1S/C14H21NO5/c1-10(16)8-18-12-6-14-13(19-9-20-14)5-11(12)7-15-3-4-17-2/h5-6,10,15-16H,3-4,7-9H2,1-2H3. The molecule has 1 atom stereocenters. The van der Waals surface area contributed by atoms with Gasteiger partial charge in [-0.3, -0.25) is 0 Å². The summed E-state index contributed by atoms with van der Waals surface area (Å²) < 4.78 is 21.3. The summed E-state index contributed by atoms with van der Waals surface area (Å²) in [5, 5.41) is 12.6. The number of ether oxygens (including phenoxy) is 4. The van der Waals surface area contributed by atoms with Crippen LogP contribution in [-0.2, 0) is 11.3 Å². The van der Waals surface area contributed by atoms with E-state index in [4.69, 9.17) is 18.9 Å². The van der Waals surface area contributed by atoms with Crippen molar-refractivity contribution in [3.8, 4) is 17.2 Å². The molecule has 2 N–H and O–H groups in total. The zero-order chi connectivity index (χ0) is 14.4. The molecular weight excluding hydrogens is 262 g/mol. The topological polar surface area (TPSA) is 69.2 Å². The SMILES string of the molecule is COCCNCc1cc2c(cc1OCC(C)O)OCO2. The Morgan fingerprint density at radius 1 is 1.35 bits per heavy atom. The van der Waals surface area contributed by atoms with E-state index >= 15 is 0 Å². The molecule has 1 aromatic rings. The molecule has 0 fully saturated rings. The van der Waals surface area contributed by atoms with Gasteiger partial charge in [-0.1, -0.05) is 0 Å². The third-order valence-electron chi connectivity index (χ3n) is 2.83. The first kappa shape index (κ1) is 14.9. The third-order valence-corrected chi connectivity index (χ3v) is 2.83. The lowest BCUT2D eigenvalue weighted by atomic mass is 10.1. The molecule has 0 radical (unpaired) electrons. The fraction of sp³-hybridized carbons (Fsp3) is 0.571. The van der Waals surface area contributed by atoms with Gasteiger partial charge in [0, 0.05) is 31.8 Å². The summed E-state index contributed by atoms with van der Waals surface area (Å²) in [6.07, 6.45) is -0.519. The van der Waals surface area contributed by atoms with Crippen LogP contribution in [0.25, 0.3) is 0 Å². The van der Waals surface area contributed by atoms with Crippen LogP contribution >= 0.6 is 0 Å². The van der Waals surface area contributed by atoms with Crippen LogP contribution in [0.3, 0.4) is 0 Å². The van der Waals surface area contributed by atoms with Crippen LogP contribution in [0.4, 0.5) is 0 Å². The lowest BCUT2D eigenvalue weighted by molar-refractivity contribution is 0.122. The molecule has 20 heavy (non-hydrogen) atoms. The second-order valence-corrected chi connectivity index (χ2v) is 4.64. The van der Waals surface area contributed by atoms with E-state index in [1.54, 1.807) is 20.1 Å². The van der Waals surface area contributed by atoms with Crippen molar-refractivity contribution in [3.63, 3.8) is 0 Å². The highest BCUT2D eigenvalue weighted by molar-refractivity contribution is 5.51. The number of aliphatic hydroxyl groups is 1. The summed E-state index contributed by atoms with van der Waals surface area (Å²) in [6, 6.07) is 3.71. The van der Waals surface area contributed by atoms with Gasteiger partial charge in [-0.05, 0) is 13.0 Å². The number of benzene rings is 1. The first-order valence-corrected chi connectivity index (χ1v) is 6.63. The van der Waals surface area contributed by atoms with E-state index in [0.29, 0.717) is 24.7 Å². The number of rotatable bonds is 8. The maximum absolute atomic E-state index is 9.33. The number of nitrogens with one attached hydrogen (secondary N) is 1. The van der Waals surface area contributed by atoms with E-state index in [0.717, 1.165) is 17.9 Å². The second-order valence-electron chi connectivity index (χ2n) is 4.64. The quantitative estimate of drug-likeness (QED) is 0.691. The predicted octanol–water partition coefficient (Wildman–Crippen LogP) is 0.911. The molecule has 1 aromatic carbocycles. The normalized spacial score (nSPS) is 14.3. The predicted molar refractivity (Wildman–Crippen MR) is 73.3 cm³/mol. The van der Waals surface area contributed by atoms with Gasteiger partial charge in [0.2, 0.25) is 6.79 Å². The average molecular weight is 283 g/mol. The summed E-state index contributed by atoms with van der Waals surface area (Å²) in [5.74, 6) is 2.09. The summed E-state index contributed by atoms with van der Waals surface area (Å²) in [6.45, 7) is 4.18. The molecule has 6 heteroatoms. The van der Waals surface area contributed by atoms with E-state index in [1.165, 1.54) is 0 Å². The number of hydrogen-bond donors (Lipinski definition) is 2. The maximum Gasteiger partial charge on any atom is 0.231 e. The molecule has 2 rings (SSSR count). The van der Waals surface area contributed by atoms with Crippen molar-refractivity contribution >= 4 is 0 Å². The first-order valence-electron chi connectivity index (χ1n) is 6.63. The Labute approximate surface area is 118 Å². The molecule has 0 aliphatic carbocycles. The van der Waals surface area contributed by atoms with E-state index in [-0.39, 0.29) is 13.4 Å². The van der Waals surface area contributed by atoms with Crippen molar-refractivity contribution < 1.29 is 24.1 Å². The highest BCUT2D eigenvalue weighted by atomic mass is 16.7. The molecule has 1 unspecified atom stereocenters. The molecule has 112 valence electrons. The van der Waals surface area contributed by atoms with Gasteiger partial charge in [-0.2, -0.15) is 0 Å². The zero-order valence-electron chi connectivity index (χ0n) is 11.8. The molecular formula is C14H21NO5. The van der Waals surface area contributed by atoms with Gasteiger partial charge in [0.1, 0.15) is 12.4 Å². The molecule has 0 saturated carbocycles. The van der Waals surface area contributed by atoms with Crippen molar-refractivity contribution in [2.24, 2.45) is 0 Å². The maximum atomic E-state index is 9.33. The van der Waals surface area contributed by atoms with Crippen molar-refractivity contribution in [2.75, 3.05) is 33.7 Å². The van der Waals surface area contributed by atoms with Crippen LogP contribution in [0, 0.1) is 0 Å². The smallest absolute Gasteiger partial charge is 0.231 e. The van der Waals surface area contributed by atoms with Crippen molar-refractivity contribution in [3.05, 3.63) is 17.7 Å².